The Labute approximate surface area is 222 Å². The molecule has 3 aliphatic carbocycles. The Morgan fingerprint density at radius 2 is 1.27 bits per heavy atom. The smallest absolute Gasteiger partial charge is 0.741 e. The SMILES string of the molecule is O=C1c2ccccc2C(O)=c2c1cccc2=C=C=C1C=CC=C1.O=S(=O)([O-])C(F)(F)F.[CH]1[CH][CH][CH][CH]1.[Fe+2]. The van der Waals surface area contributed by atoms with Gasteiger partial charge in [0.2, 0.25) is 0 Å². The average molecular weight is 566 g/mol. The van der Waals surface area contributed by atoms with Gasteiger partial charge in [-0.2, -0.15) is 13.2 Å². The summed E-state index contributed by atoms with van der Waals surface area (Å²) in [6.07, 6.45) is 17.7. The van der Waals surface area contributed by atoms with Gasteiger partial charge in [-0.3, -0.25) is 4.79 Å². The van der Waals surface area contributed by atoms with Crippen LogP contribution < -0.4 is 10.4 Å². The second-order valence-corrected chi connectivity index (χ2v) is 8.61. The van der Waals surface area contributed by atoms with E-state index in [-0.39, 0.29) is 28.6 Å². The molecule has 0 saturated heterocycles. The van der Waals surface area contributed by atoms with Crippen molar-refractivity contribution in [3.63, 3.8) is 0 Å². The van der Waals surface area contributed by atoms with Gasteiger partial charge in [0.1, 0.15) is 5.76 Å². The van der Waals surface area contributed by atoms with Gasteiger partial charge in [-0.25, -0.2) is 8.42 Å². The van der Waals surface area contributed by atoms with Gasteiger partial charge in [-0.1, -0.05) is 60.0 Å². The van der Waals surface area contributed by atoms with Crippen LogP contribution in [0.25, 0.3) is 11.5 Å². The van der Waals surface area contributed by atoms with E-state index in [1.165, 1.54) is 0 Å². The molecule has 0 aromatic heterocycles. The van der Waals surface area contributed by atoms with Crippen LogP contribution in [0.2, 0.25) is 0 Å². The van der Waals surface area contributed by atoms with Gasteiger partial charge in [0.25, 0.3) is 0 Å². The largest absolute Gasteiger partial charge is 2.00 e. The maximum atomic E-state index is 12.7. The molecule has 5 rings (SSSR count). The predicted octanol–water partition coefficient (Wildman–Crippen LogP) is 3.60. The molecule has 37 heavy (non-hydrogen) atoms. The van der Waals surface area contributed by atoms with Crippen molar-refractivity contribution >= 4 is 27.4 Å². The van der Waals surface area contributed by atoms with Gasteiger partial charge in [-0.15, -0.1) is 0 Å². The number of aliphatic hydroxyl groups excluding tert-OH is 1. The third-order valence-electron chi connectivity index (χ3n) is 4.82. The number of rotatable bonds is 0. The molecule has 0 spiro atoms. The first-order valence-corrected chi connectivity index (χ1v) is 11.7. The Bertz CT molecular complexity index is 1500. The fraction of sp³-hybridized carbons (Fsp3) is 0.0370. The van der Waals surface area contributed by atoms with Crippen molar-refractivity contribution in [1.82, 2.24) is 0 Å². The first kappa shape index (κ1) is 30.1. The van der Waals surface area contributed by atoms with Crippen LogP contribution in [-0.2, 0) is 27.2 Å². The summed E-state index contributed by atoms with van der Waals surface area (Å²) in [6, 6.07) is 12.5. The van der Waals surface area contributed by atoms with E-state index in [9.17, 15) is 23.1 Å². The van der Waals surface area contributed by atoms with Crippen LogP contribution in [0.5, 0.6) is 0 Å². The number of benzene rings is 2. The minimum Gasteiger partial charge on any atom is -0.741 e. The molecule has 2 aromatic rings. The number of carbonyl (C=O) groups is 1. The van der Waals surface area contributed by atoms with Gasteiger partial charge in [0.05, 0.1) is 0 Å². The summed E-state index contributed by atoms with van der Waals surface area (Å²) in [5, 5.41) is 11.8. The first-order valence-electron chi connectivity index (χ1n) is 10.3. The number of allylic oxidation sites excluding steroid dienone is 5. The van der Waals surface area contributed by atoms with E-state index < -0.39 is 15.6 Å². The monoisotopic (exact) mass is 566 g/mol. The van der Waals surface area contributed by atoms with Crippen LogP contribution in [0.1, 0.15) is 21.5 Å². The summed E-state index contributed by atoms with van der Waals surface area (Å²) in [7, 11) is -6.09. The van der Waals surface area contributed by atoms with Crippen LogP contribution >= 0.6 is 0 Å². The molecule has 189 valence electrons. The van der Waals surface area contributed by atoms with Gasteiger partial charge in [0, 0.05) is 32.7 Å². The Hall–Kier alpha value is -3.09. The van der Waals surface area contributed by atoms with Crippen molar-refractivity contribution in [2.45, 2.75) is 5.51 Å². The Morgan fingerprint density at radius 3 is 1.78 bits per heavy atom. The number of hydrogen-bond acceptors (Lipinski definition) is 5. The Balaban J connectivity index is 0.000000286. The number of aliphatic hydroxyl groups is 1. The van der Waals surface area contributed by atoms with Gasteiger partial charge < -0.3 is 9.66 Å². The number of ketones is 1. The van der Waals surface area contributed by atoms with Crippen LogP contribution in [0.4, 0.5) is 13.2 Å². The van der Waals surface area contributed by atoms with E-state index in [2.05, 4.69) is 11.5 Å². The van der Waals surface area contributed by atoms with Crippen molar-refractivity contribution in [2.75, 3.05) is 0 Å². The molecule has 5 nitrogen and oxygen atoms in total. The van der Waals surface area contributed by atoms with E-state index in [0.29, 0.717) is 27.1 Å². The molecule has 0 heterocycles. The fourth-order valence-corrected chi connectivity index (χ4v) is 3.19. The molecule has 0 bridgehead atoms. The van der Waals surface area contributed by atoms with E-state index in [0.717, 1.165) is 5.57 Å². The van der Waals surface area contributed by atoms with Crippen molar-refractivity contribution in [2.24, 2.45) is 0 Å². The van der Waals surface area contributed by atoms with E-state index in [4.69, 9.17) is 13.0 Å². The van der Waals surface area contributed by atoms with Gasteiger partial charge in [0.15, 0.2) is 15.9 Å². The zero-order valence-electron chi connectivity index (χ0n) is 18.7. The molecule has 10 heteroatoms. The summed E-state index contributed by atoms with van der Waals surface area (Å²) in [5.74, 6) is 0.0352. The summed E-state index contributed by atoms with van der Waals surface area (Å²) in [4.78, 5) is 12.7. The van der Waals surface area contributed by atoms with Crippen molar-refractivity contribution in [1.29, 1.82) is 0 Å². The standard InChI is InChI=1S/C21H12O2.C5H5.CHF3O3S.Fe/c22-20-16-9-3-4-10-17(16)21(23)19-15(8-5-11-18(19)20)13-12-14-6-1-2-7-14;1-2-4-5-3-1;2-1(3,4)8(5,6)7;/h1-11,23H;1-5H;(H,5,6,7);/q;;;+2/p-1. The molecule has 1 N–H and O–H groups in total. The third-order valence-corrected chi connectivity index (χ3v) is 5.38. The molecule has 0 amide bonds. The van der Waals surface area contributed by atoms with Crippen LogP contribution in [0.3, 0.4) is 0 Å². The number of hydrogen-bond donors (Lipinski definition) is 1. The van der Waals surface area contributed by atoms with Crippen LogP contribution in [-0.4, -0.2) is 29.4 Å². The Kier molecular flexibility index (Phi) is 10.5. The van der Waals surface area contributed by atoms with Crippen molar-refractivity contribution in [3.05, 3.63) is 137 Å². The molecular formula is C27H17F3FeO5S+. The van der Waals surface area contributed by atoms with Gasteiger partial charge >= 0.3 is 22.6 Å². The summed E-state index contributed by atoms with van der Waals surface area (Å²) < 4.78 is 58.9. The molecule has 5 radical (unpaired) electrons. The average Bonchev–Trinajstić information content (AvgIpc) is 3.57. The van der Waals surface area contributed by atoms with Gasteiger partial charge in [-0.05, 0) is 50.3 Å². The van der Waals surface area contributed by atoms with Crippen molar-refractivity contribution in [3.8, 4) is 0 Å². The maximum Gasteiger partial charge on any atom is 2.00 e. The third kappa shape index (κ3) is 7.70. The first-order chi connectivity index (χ1) is 17.0. The molecule has 0 atom stereocenters. The van der Waals surface area contributed by atoms with E-state index >= 15 is 0 Å². The van der Waals surface area contributed by atoms with E-state index in [1.807, 2.05) is 68.5 Å². The zero-order chi connectivity index (χ0) is 26.3. The maximum absolute atomic E-state index is 12.7. The minimum absolute atomic E-state index is 0. The minimum atomic E-state index is -6.09. The topological polar surface area (TPSA) is 94.5 Å². The molecule has 0 unspecified atom stereocenters. The molecule has 3 aliphatic rings. The predicted molar refractivity (Wildman–Crippen MR) is 127 cm³/mol. The quantitative estimate of drug-likeness (QED) is 0.228. The van der Waals surface area contributed by atoms with Crippen LogP contribution in [0.15, 0.2) is 78.1 Å². The Morgan fingerprint density at radius 1 is 0.784 bits per heavy atom. The zero-order valence-corrected chi connectivity index (χ0v) is 20.6. The van der Waals surface area contributed by atoms with Crippen molar-refractivity contribution < 1.29 is 53.1 Å². The molecular weight excluding hydrogens is 549 g/mol. The molecule has 0 aliphatic heterocycles. The number of halogens is 3. The van der Waals surface area contributed by atoms with E-state index in [1.54, 1.807) is 30.3 Å². The fourth-order valence-electron chi connectivity index (χ4n) is 3.19. The number of alkyl halides is 3. The second kappa shape index (κ2) is 12.9. The normalized spacial score (nSPS) is 15.2. The van der Waals surface area contributed by atoms with Crippen LogP contribution in [0, 0.1) is 32.1 Å². The summed E-state index contributed by atoms with van der Waals surface area (Å²) in [6.45, 7) is 0. The summed E-state index contributed by atoms with van der Waals surface area (Å²) >= 11 is 0. The number of carbonyl (C=O) groups excluding carboxylic acids is 1. The summed E-state index contributed by atoms with van der Waals surface area (Å²) in [5.41, 5.74) is 2.98. The number of fused-ring (bicyclic) bond motifs is 2. The second-order valence-electron chi connectivity index (χ2n) is 7.24. The molecule has 2 aromatic carbocycles. The molecule has 1 fully saturated rings. The molecule has 1 saturated carbocycles.